The molecular formula is C22H21ClN2O3. The smallest absolute Gasteiger partial charge is 0.343 e. The molecule has 0 unspecified atom stereocenters. The van der Waals surface area contributed by atoms with Gasteiger partial charge in [0.2, 0.25) is 0 Å². The van der Waals surface area contributed by atoms with Crippen molar-refractivity contribution in [1.82, 2.24) is 9.88 Å². The summed E-state index contributed by atoms with van der Waals surface area (Å²) in [5.74, 6) is 0.0790. The van der Waals surface area contributed by atoms with Crippen molar-refractivity contribution in [3.8, 4) is 5.75 Å². The predicted molar refractivity (Wildman–Crippen MR) is 109 cm³/mol. The lowest BCUT2D eigenvalue weighted by Crippen LogP contribution is -2.35. The lowest BCUT2D eigenvalue weighted by atomic mass is 10.1. The van der Waals surface area contributed by atoms with Gasteiger partial charge >= 0.3 is 5.97 Å². The Morgan fingerprint density at radius 1 is 1.21 bits per heavy atom. The molecule has 1 saturated heterocycles. The van der Waals surface area contributed by atoms with Gasteiger partial charge in [0.1, 0.15) is 5.52 Å². The lowest BCUT2D eigenvalue weighted by Gasteiger charge is -2.27. The van der Waals surface area contributed by atoms with Crippen LogP contribution < -0.4 is 4.74 Å². The van der Waals surface area contributed by atoms with Crippen molar-refractivity contribution in [2.24, 2.45) is 0 Å². The van der Waals surface area contributed by atoms with E-state index in [9.17, 15) is 4.79 Å². The molecule has 144 valence electrons. The quantitative estimate of drug-likeness (QED) is 0.487. The Labute approximate surface area is 168 Å². The maximum absolute atomic E-state index is 12.9. The van der Waals surface area contributed by atoms with Gasteiger partial charge in [0.05, 0.1) is 23.8 Å². The van der Waals surface area contributed by atoms with Crippen molar-refractivity contribution in [2.75, 3.05) is 26.3 Å². The minimum absolute atomic E-state index is 0.393. The van der Waals surface area contributed by atoms with Gasteiger partial charge in [0, 0.05) is 36.8 Å². The molecule has 0 bridgehead atoms. The number of carbonyl (C=O) groups is 1. The van der Waals surface area contributed by atoms with Crippen LogP contribution in [0.15, 0.2) is 48.7 Å². The zero-order valence-corrected chi connectivity index (χ0v) is 16.4. The van der Waals surface area contributed by atoms with Crippen LogP contribution in [0.25, 0.3) is 10.9 Å². The summed E-state index contributed by atoms with van der Waals surface area (Å²) in [4.78, 5) is 19.6. The topological polar surface area (TPSA) is 51.7 Å². The van der Waals surface area contributed by atoms with Gasteiger partial charge in [0.25, 0.3) is 0 Å². The summed E-state index contributed by atoms with van der Waals surface area (Å²) in [6.45, 7) is 5.54. The Morgan fingerprint density at radius 2 is 2.00 bits per heavy atom. The monoisotopic (exact) mass is 396 g/mol. The van der Waals surface area contributed by atoms with Crippen LogP contribution >= 0.6 is 11.6 Å². The molecule has 0 saturated carbocycles. The highest BCUT2D eigenvalue weighted by atomic mass is 35.5. The molecule has 1 aromatic heterocycles. The van der Waals surface area contributed by atoms with Crippen molar-refractivity contribution in [3.05, 3.63) is 70.4 Å². The highest BCUT2D eigenvalue weighted by Gasteiger charge is 2.21. The molecule has 0 N–H and O–H groups in total. The van der Waals surface area contributed by atoms with Crippen LogP contribution in [0.1, 0.15) is 21.5 Å². The second-order valence-corrected chi connectivity index (χ2v) is 7.25. The zero-order chi connectivity index (χ0) is 19.5. The highest BCUT2D eigenvalue weighted by molar-refractivity contribution is 6.35. The first-order chi connectivity index (χ1) is 13.6. The number of esters is 1. The van der Waals surface area contributed by atoms with Gasteiger partial charge in [-0.15, -0.1) is 0 Å². The van der Waals surface area contributed by atoms with Crippen LogP contribution in [0, 0.1) is 6.92 Å². The van der Waals surface area contributed by atoms with Gasteiger partial charge in [-0.05, 0) is 36.8 Å². The molecule has 2 aromatic carbocycles. The average Bonchev–Trinajstić information content (AvgIpc) is 2.72. The summed E-state index contributed by atoms with van der Waals surface area (Å²) in [5.41, 5.74) is 2.85. The molecule has 3 aromatic rings. The Morgan fingerprint density at radius 3 is 2.79 bits per heavy atom. The van der Waals surface area contributed by atoms with E-state index in [0.29, 0.717) is 41.6 Å². The van der Waals surface area contributed by atoms with E-state index in [2.05, 4.69) is 9.88 Å². The first kappa shape index (κ1) is 18.9. The third-order valence-corrected chi connectivity index (χ3v) is 5.24. The third kappa shape index (κ3) is 3.87. The van der Waals surface area contributed by atoms with Crippen molar-refractivity contribution in [2.45, 2.75) is 13.5 Å². The second-order valence-electron chi connectivity index (χ2n) is 6.84. The molecule has 4 rings (SSSR count). The fraction of sp³-hybridized carbons (Fsp3) is 0.273. The van der Waals surface area contributed by atoms with Gasteiger partial charge in [0.15, 0.2) is 5.75 Å². The largest absolute Gasteiger partial charge is 0.420 e. The maximum Gasteiger partial charge on any atom is 0.343 e. The number of benzene rings is 2. The van der Waals surface area contributed by atoms with Gasteiger partial charge in [-0.3, -0.25) is 9.88 Å². The van der Waals surface area contributed by atoms with E-state index in [1.807, 2.05) is 43.3 Å². The Bertz CT molecular complexity index is 1020. The first-order valence-electron chi connectivity index (χ1n) is 9.27. The number of morpholine rings is 1. The SMILES string of the molecule is Cc1ccccc1C(=O)Oc1c(CN2CCOCC2)cc(Cl)c2cccnc12. The molecule has 1 aliphatic rings. The van der Waals surface area contributed by atoms with Crippen molar-refractivity contribution < 1.29 is 14.3 Å². The summed E-state index contributed by atoms with van der Waals surface area (Å²) in [5, 5.41) is 1.37. The molecule has 1 fully saturated rings. The number of hydrogen-bond acceptors (Lipinski definition) is 5. The van der Waals surface area contributed by atoms with Crippen LogP contribution in [0.3, 0.4) is 0 Å². The fourth-order valence-electron chi connectivity index (χ4n) is 3.41. The Kier molecular flexibility index (Phi) is 5.57. The van der Waals surface area contributed by atoms with Gasteiger partial charge < -0.3 is 9.47 Å². The lowest BCUT2D eigenvalue weighted by molar-refractivity contribution is 0.0337. The molecule has 0 spiro atoms. The third-order valence-electron chi connectivity index (χ3n) is 4.93. The molecule has 0 radical (unpaired) electrons. The normalized spacial score (nSPS) is 14.9. The summed E-state index contributed by atoms with van der Waals surface area (Å²) in [7, 11) is 0. The standard InChI is InChI=1S/C22H21ClN2O3/c1-15-5-2-3-6-17(15)22(26)28-21-16(14-25-9-11-27-12-10-25)13-19(23)18-7-4-8-24-20(18)21/h2-8,13H,9-12,14H2,1H3. The first-order valence-corrected chi connectivity index (χ1v) is 9.65. The molecular weight excluding hydrogens is 376 g/mol. The molecule has 1 aliphatic heterocycles. The van der Waals surface area contributed by atoms with E-state index < -0.39 is 5.97 Å². The summed E-state index contributed by atoms with van der Waals surface area (Å²) >= 11 is 6.51. The van der Waals surface area contributed by atoms with E-state index >= 15 is 0 Å². The number of ether oxygens (including phenoxy) is 2. The molecule has 6 heteroatoms. The van der Waals surface area contributed by atoms with Crippen LogP contribution in [-0.2, 0) is 11.3 Å². The Hall–Kier alpha value is -2.47. The van der Waals surface area contributed by atoms with Gasteiger partial charge in [-0.1, -0.05) is 29.8 Å². The summed E-state index contributed by atoms with van der Waals surface area (Å²) < 4.78 is 11.3. The zero-order valence-electron chi connectivity index (χ0n) is 15.7. The molecule has 2 heterocycles. The molecule has 28 heavy (non-hydrogen) atoms. The number of rotatable bonds is 4. The molecule has 5 nitrogen and oxygen atoms in total. The van der Waals surface area contributed by atoms with Crippen LogP contribution in [0.4, 0.5) is 0 Å². The molecule has 0 aliphatic carbocycles. The minimum atomic E-state index is -0.393. The van der Waals surface area contributed by atoms with E-state index in [0.717, 1.165) is 29.6 Å². The van der Waals surface area contributed by atoms with Crippen LogP contribution in [0.5, 0.6) is 5.75 Å². The average molecular weight is 397 g/mol. The molecule has 0 amide bonds. The van der Waals surface area contributed by atoms with Crippen LogP contribution in [0.2, 0.25) is 5.02 Å². The molecule has 0 atom stereocenters. The number of pyridine rings is 1. The van der Waals surface area contributed by atoms with Crippen molar-refractivity contribution in [3.63, 3.8) is 0 Å². The number of halogens is 1. The number of fused-ring (bicyclic) bond motifs is 1. The minimum Gasteiger partial charge on any atom is -0.420 e. The number of carbonyl (C=O) groups excluding carboxylic acids is 1. The van der Waals surface area contributed by atoms with E-state index in [1.165, 1.54) is 0 Å². The number of aryl methyl sites for hydroxylation is 1. The van der Waals surface area contributed by atoms with Crippen molar-refractivity contribution in [1.29, 1.82) is 0 Å². The second kappa shape index (κ2) is 8.27. The van der Waals surface area contributed by atoms with Gasteiger partial charge in [-0.25, -0.2) is 4.79 Å². The van der Waals surface area contributed by atoms with E-state index in [-0.39, 0.29) is 0 Å². The Balaban J connectivity index is 1.75. The number of hydrogen-bond donors (Lipinski definition) is 0. The maximum atomic E-state index is 12.9. The highest BCUT2D eigenvalue weighted by Crippen LogP contribution is 2.35. The van der Waals surface area contributed by atoms with E-state index in [1.54, 1.807) is 12.3 Å². The van der Waals surface area contributed by atoms with Crippen LogP contribution in [-0.4, -0.2) is 42.2 Å². The summed E-state index contributed by atoms with van der Waals surface area (Å²) in [6.07, 6.45) is 1.68. The summed E-state index contributed by atoms with van der Waals surface area (Å²) in [6, 6.07) is 13.0. The fourth-order valence-corrected chi connectivity index (χ4v) is 3.69. The van der Waals surface area contributed by atoms with E-state index in [4.69, 9.17) is 21.1 Å². The van der Waals surface area contributed by atoms with Gasteiger partial charge in [-0.2, -0.15) is 0 Å². The predicted octanol–water partition coefficient (Wildman–Crippen LogP) is 4.25. The number of aromatic nitrogens is 1. The van der Waals surface area contributed by atoms with Crippen molar-refractivity contribution >= 4 is 28.5 Å². The number of nitrogens with zero attached hydrogens (tertiary/aromatic N) is 2.